The summed E-state index contributed by atoms with van der Waals surface area (Å²) in [4.78, 5) is 11.2. The summed E-state index contributed by atoms with van der Waals surface area (Å²) in [6.45, 7) is 11.0. The maximum Gasteiger partial charge on any atom is 0.273 e. The van der Waals surface area contributed by atoms with E-state index in [1.807, 2.05) is 0 Å². The molecule has 0 fully saturated rings. The molecular weight excluding hydrogens is 266 g/mol. The molecule has 0 atom stereocenters. The molecule has 0 saturated carbocycles. The summed E-state index contributed by atoms with van der Waals surface area (Å²) in [6, 6.07) is 0. The smallest absolute Gasteiger partial charge is 0.273 e. The van der Waals surface area contributed by atoms with Gasteiger partial charge in [0.25, 0.3) is 5.91 Å². The number of nitrogens with two attached hydrogens (primary N) is 2. The Morgan fingerprint density at radius 1 is 1.00 bits per heavy atom. The number of anilines is 1. The van der Waals surface area contributed by atoms with Gasteiger partial charge in [0.1, 0.15) is 0 Å². The molecule has 4 N–H and O–H groups in total. The van der Waals surface area contributed by atoms with Crippen LogP contribution in [0.2, 0.25) is 0 Å². The summed E-state index contributed by atoms with van der Waals surface area (Å²) >= 11 is 0. The second-order valence-corrected chi connectivity index (χ2v) is 5.45. The van der Waals surface area contributed by atoms with Crippen LogP contribution in [0.15, 0.2) is 0 Å². The first kappa shape index (κ1) is 15.0. The fourth-order valence-corrected chi connectivity index (χ4v) is 2.58. The molecule has 6 heteroatoms. The van der Waals surface area contributed by atoms with Gasteiger partial charge in [-0.25, -0.2) is 4.68 Å². The number of aromatic nitrogens is 3. The van der Waals surface area contributed by atoms with E-state index in [-0.39, 0.29) is 11.5 Å². The maximum absolute atomic E-state index is 11.2. The van der Waals surface area contributed by atoms with E-state index in [2.05, 4.69) is 44.9 Å². The Morgan fingerprint density at radius 2 is 1.48 bits per heavy atom. The topological polar surface area (TPSA) is 99.8 Å². The van der Waals surface area contributed by atoms with Crippen LogP contribution in [0.3, 0.4) is 0 Å². The summed E-state index contributed by atoms with van der Waals surface area (Å²) in [6.07, 6.45) is 0. The monoisotopic (exact) mass is 287 g/mol. The Kier molecular flexibility index (Phi) is 3.72. The number of rotatable bonds is 3. The van der Waals surface area contributed by atoms with Gasteiger partial charge in [-0.05, 0) is 68.0 Å². The zero-order chi connectivity index (χ0) is 15.9. The van der Waals surface area contributed by atoms with E-state index in [4.69, 9.17) is 11.5 Å². The summed E-state index contributed by atoms with van der Waals surface area (Å²) in [5.41, 5.74) is 18.5. The molecule has 112 valence electrons. The molecule has 0 aliphatic carbocycles. The SMILES string of the molecule is Cc1c(C)c(C)c(Cn2nnc(C(N)=O)c2N)c(C)c1C. The highest BCUT2D eigenvalue weighted by molar-refractivity contribution is 5.94. The van der Waals surface area contributed by atoms with Crippen molar-refractivity contribution in [2.45, 2.75) is 41.2 Å². The Morgan fingerprint density at radius 3 is 1.90 bits per heavy atom. The molecule has 0 radical (unpaired) electrons. The van der Waals surface area contributed by atoms with Crippen molar-refractivity contribution in [1.82, 2.24) is 15.0 Å². The van der Waals surface area contributed by atoms with Crippen molar-refractivity contribution in [3.05, 3.63) is 39.1 Å². The molecule has 21 heavy (non-hydrogen) atoms. The van der Waals surface area contributed by atoms with Crippen molar-refractivity contribution < 1.29 is 4.79 Å². The Labute approximate surface area is 124 Å². The normalized spacial score (nSPS) is 10.9. The fourth-order valence-electron chi connectivity index (χ4n) is 2.58. The highest BCUT2D eigenvalue weighted by atomic mass is 16.1. The van der Waals surface area contributed by atoms with Crippen molar-refractivity contribution in [3.8, 4) is 0 Å². The average Bonchev–Trinajstić information content (AvgIpc) is 2.80. The van der Waals surface area contributed by atoms with Gasteiger partial charge in [-0.2, -0.15) is 0 Å². The fraction of sp³-hybridized carbons (Fsp3) is 0.400. The van der Waals surface area contributed by atoms with Crippen LogP contribution in [0, 0.1) is 34.6 Å². The van der Waals surface area contributed by atoms with E-state index < -0.39 is 5.91 Å². The van der Waals surface area contributed by atoms with Gasteiger partial charge >= 0.3 is 0 Å². The molecule has 0 unspecified atom stereocenters. The van der Waals surface area contributed by atoms with Crippen molar-refractivity contribution in [2.24, 2.45) is 5.73 Å². The Bertz CT molecular complexity index is 701. The van der Waals surface area contributed by atoms with Gasteiger partial charge in [0, 0.05) is 0 Å². The largest absolute Gasteiger partial charge is 0.382 e. The highest BCUT2D eigenvalue weighted by Gasteiger charge is 2.17. The molecule has 0 aliphatic rings. The van der Waals surface area contributed by atoms with Crippen LogP contribution in [0.25, 0.3) is 0 Å². The minimum Gasteiger partial charge on any atom is -0.382 e. The number of primary amides is 1. The van der Waals surface area contributed by atoms with Gasteiger partial charge in [-0.1, -0.05) is 5.21 Å². The van der Waals surface area contributed by atoms with Gasteiger partial charge in [0.05, 0.1) is 6.54 Å². The minimum absolute atomic E-state index is 0.0193. The zero-order valence-electron chi connectivity index (χ0n) is 13.1. The second kappa shape index (κ2) is 5.20. The van der Waals surface area contributed by atoms with E-state index in [0.717, 1.165) is 5.56 Å². The van der Waals surface area contributed by atoms with Crippen molar-refractivity contribution in [1.29, 1.82) is 0 Å². The summed E-state index contributed by atoms with van der Waals surface area (Å²) in [7, 11) is 0. The zero-order valence-corrected chi connectivity index (χ0v) is 13.1. The first-order valence-corrected chi connectivity index (χ1v) is 6.80. The quantitative estimate of drug-likeness (QED) is 0.894. The third-order valence-electron chi connectivity index (χ3n) is 4.47. The number of nitrogens with zero attached hydrogens (tertiary/aromatic N) is 3. The number of nitrogen functional groups attached to an aromatic ring is 1. The first-order valence-electron chi connectivity index (χ1n) is 6.80. The van der Waals surface area contributed by atoms with Crippen LogP contribution < -0.4 is 11.5 Å². The van der Waals surface area contributed by atoms with Gasteiger partial charge in [0.15, 0.2) is 11.5 Å². The van der Waals surface area contributed by atoms with Crippen molar-refractivity contribution >= 4 is 11.7 Å². The summed E-state index contributed by atoms with van der Waals surface area (Å²) < 4.78 is 1.52. The predicted octanol–water partition coefficient (Wildman–Crippen LogP) is 1.55. The second-order valence-electron chi connectivity index (χ2n) is 5.45. The molecule has 0 aliphatic heterocycles. The molecule has 0 saturated heterocycles. The number of benzene rings is 1. The van der Waals surface area contributed by atoms with Crippen LogP contribution >= 0.6 is 0 Å². The highest BCUT2D eigenvalue weighted by Crippen LogP contribution is 2.27. The molecule has 1 aromatic heterocycles. The van der Waals surface area contributed by atoms with Crippen molar-refractivity contribution in [2.75, 3.05) is 5.73 Å². The number of hydrogen-bond donors (Lipinski definition) is 2. The predicted molar refractivity (Wildman–Crippen MR) is 82.2 cm³/mol. The first-order chi connectivity index (χ1) is 9.75. The van der Waals surface area contributed by atoms with Gasteiger partial charge in [0.2, 0.25) is 0 Å². The standard InChI is InChI=1S/C15H21N5O/c1-7-8(2)10(4)12(11(5)9(7)3)6-20-14(16)13(15(17)21)18-19-20/h6,16H2,1-5H3,(H2,17,21). The molecule has 0 spiro atoms. The minimum atomic E-state index is -0.663. The van der Waals surface area contributed by atoms with E-state index in [1.165, 1.54) is 32.5 Å². The summed E-state index contributed by atoms with van der Waals surface area (Å²) in [5, 5.41) is 7.68. The number of amides is 1. The van der Waals surface area contributed by atoms with E-state index in [9.17, 15) is 4.79 Å². The number of hydrogen-bond acceptors (Lipinski definition) is 4. The van der Waals surface area contributed by atoms with Gasteiger partial charge < -0.3 is 11.5 Å². The van der Waals surface area contributed by atoms with E-state index in [1.54, 1.807) is 0 Å². The van der Waals surface area contributed by atoms with Gasteiger partial charge in [-0.3, -0.25) is 4.79 Å². The Hall–Kier alpha value is -2.37. The van der Waals surface area contributed by atoms with Crippen LogP contribution in [0.1, 0.15) is 43.9 Å². The maximum atomic E-state index is 11.2. The third kappa shape index (κ3) is 2.37. The lowest BCUT2D eigenvalue weighted by Gasteiger charge is -2.18. The molecule has 6 nitrogen and oxygen atoms in total. The lowest BCUT2D eigenvalue weighted by atomic mass is 9.89. The molecular formula is C15H21N5O. The average molecular weight is 287 g/mol. The van der Waals surface area contributed by atoms with Crippen molar-refractivity contribution in [3.63, 3.8) is 0 Å². The van der Waals surface area contributed by atoms with Crippen LogP contribution in [-0.2, 0) is 6.54 Å². The lowest BCUT2D eigenvalue weighted by Crippen LogP contribution is -2.15. The van der Waals surface area contributed by atoms with Crippen LogP contribution in [0.4, 0.5) is 5.82 Å². The molecule has 1 amide bonds. The van der Waals surface area contributed by atoms with E-state index in [0.29, 0.717) is 6.54 Å². The number of carbonyl (C=O) groups is 1. The van der Waals surface area contributed by atoms with E-state index >= 15 is 0 Å². The summed E-state index contributed by atoms with van der Waals surface area (Å²) in [5.74, 6) is -0.458. The lowest BCUT2D eigenvalue weighted by molar-refractivity contribution is 0.0996. The molecule has 0 bridgehead atoms. The molecule has 1 aromatic carbocycles. The van der Waals surface area contributed by atoms with Crippen LogP contribution in [-0.4, -0.2) is 20.9 Å². The molecule has 1 heterocycles. The molecule has 2 rings (SSSR count). The third-order valence-corrected chi connectivity index (χ3v) is 4.47. The van der Waals surface area contributed by atoms with Crippen LogP contribution in [0.5, 0.6) is 0 Å². The molecule has 2 aromatic rings. The number of carbonyl (C=O) groups excluding carboxylic acids is 1. The Balaban J connectivity index is 2.53. The van der Waals surface area contributed by atoms with Gasteiger partial charge in [-0.15, -0.1) is 5.10 Å².